The summed E-state index contributed by atoms with van der Waals surface area (Å²) in [6, 6.07) is 13.0. The normalized spacial score (nSPS) is 15.8. The molecule has 0 bridgehead atoms. The average Bonchev–Trinajstić information content (AvgIpc) is 2.87. The van der Waals surface area contributed by atoms with Gasteiger partial charge in [0.2, 0.25) is 0 Å². The van der Waals surface area contributed by atoms with Crippen molar-refractivity contribution in [2.45, 2.75) is 20.4 Å². The zero-order valence-corrected chi connectivity index (χ0v) is 16.1. The van der Waals surface area contributed by atoms with Crippen molar-refractivity contribution in [1.82, 2.24) is 4.90 Å². The molecule has 0 N–H and O–H groups in total. The molecule has 0 atom stereocenters. The number of aryl methyl sites for hydroxylation is 1. The number of hydrogen-bond donors (Lipinski definition) is 0. The molecular formula is C20H18ClNO3S. The second-order valence-electron chi connectivity index (χ2n) is 5.87. The molecule has 1 heterocycles. The highest BCUT2D eigenvalue weighted by Gasteiger charge is 2.35. The van der Waals surface area contributed by atoms with Gasteiger partial charge in [-0.15, -0.1) is 0 Å². The minimum absolute atomic E-state index is 0.260. The standard InChI is InChI=1S/C20H18ClNO3S/c1-3-25-17-9-8-16(21)10-15(17)11-18-19(23)22(20(24)26-18)12-14-6-4-13(2)5-7-14/h4-11H,3,12H2,1-2H3/b18-11+. The monoisotopic (exact) mass is 387 g/mol. The average molecular weight is 388 g/mol. The Labute approximate surface area is 161 Å². The third kappa shape index (κ3) is 4.11. The highest BCUT2D eigenvalue weighted by atomic mass is 35.5. The predicted molar refractivity (Wildman–Crippen MR) is 105 cm³/mol. The molecule has 0 aromatic heterocycles. The van der Waals surface area contributed by atoms with Crippen LogP contribution in [-0.2, 0) is 11.3 Å². The van der Waals surface area contributed by atoms with E-state index in [0.29, 0.717) is 27.8 Å². The molecule has 0 spiro atoms. The Balaban J connectivity index is 1.85. The van der Waals surface area contributed by atoms with E-state index >= 15 is 0 Å². The molecule has 1 saturated heterocycles. The van der Waals surface area contributed by atoms with Gasteiger partial charge >= 0.3 is 0 Å². The maximum Gasteiger partial charge on any atom is 0.293 e. The van der Waals surface area contributed by atoms with Crippen LogP contribution in [-0.4, -0.2) is 22.7 Å². The number of carbonyl (C=O) groups excluding carboxylic acids is 2. The summed E-state index contributed by atoms with van der Waals surface area (Å²) in [6.45, 7) is 4.63. The van der Waals surface area contributed by atoms with E-state index < -0.39 is 0 Å². The summed E-state index contributed by atoms with van der Waals surface area (Å²) in [6.07, 6.45) is 1.66. The molecule has 1 fully saturated rings. The van der Waals surface area contributed by atoms with Crippen LogP contribution >= 0.6 is 23.4 Å². The summed E-state index contributed by atoms with van der Waals surface area (Å²) in [4.78, 5) is 26.6. The summed E-state index contributed by atoms with van der Waals surface area (Å²) in [5, 5.41) is 0.264. The zero-order valence-electron chi connectivity index (χ0n) is 14.5. The lowest BCUT2D eigenvalue weighted by Gasteiger charge is -2.12. The summed E-state index contributed by atoms with van der Waals surface area (Å²) >= 11 is 6.99. The second kappa shape index (κ2) is 7.98. The molecule has 0 aliphatic carbocycles. The molecule has 2 aromatic rings. The number of ether oxygens (including phenoxy) is 1. The second-order valence-corrected chi connectivity index (χ2v) is 7.30. The van der Waals surface area contributed by atoms with Gasteiger partial charge < -0.3 is 4.74 Å². The van der Waals surface area contributed by atoms with E-state index in [9.17, 15) is 9.59 Å². The molecule has 26 heavy (non-hydrogen) atoms. The van der Waals surface area contributed by atoms with Gasteiger partial charge in [0.05, 0.1) is 18.1 Å². The first-order valence-corrected chi connectivity index (χ1v) is 9.40. The Kier molecular flexibility index (Phi) is 5.69. The molecule has 0 radical (unpaired) electrons. The van der Waals surface area contributed by atoms with Crippen LogP contribution in [0.5, 0.6) is 5.75 Å². The van der Waals surface area contributed by atoms with Crippen molar-refractivity contribution in [3.63, 3.8) is 0 Å². The van der Waals surface area contributed by atoms with Gasteiger partial charge in [-0.2, -0.15) is 0 Å². The molecule has 2 amide bonds. The fraction of sp³-hybridized carbons (Fsp3) is 0.200. The Morgan fingerprint density at radius 2 is 1.88 bits per heavy atom. The number of nitrogens with zero attached hydrogens (tertiary/aromatic N) is 1. The Bertz CT molecular complexity index is 877. The first-order valence-electron chi connectivity index (χ1n) is 8.21. The highest BCUT2D eigenvalue weighted by Crippen LogP contribution is 2.35. The lowest BCUT2D eigenvalue weighted by Crippen LogP contribution is -2.27. The van der Waals surface area contributed by atoms with Gasteiger partial charge in [0, 0.05) is 10.6 Å². The van der Waals surface area contributed by atoms with Gasteiger partial charge in [-0.05, 0) is 55.4 Å². The van der Waals surface area contributed by atoms with Crippen LogP contribution in [0.2, 0.25) is 5.02 Å². The van der Waals surface area contributed by atoms with Crippen molar-refractivity contribution >= 4 is 40.6 Å². The SMILES string of the molecule is CCOc1ccc(Cl)cc1/C=C1/SC(=O)N(Cc2ccc(C)cc2)C1=O. The van der Waals surface area contributed by atoms with E-state index in [1.165, 1.54) is 4.90 Å². The van der Waals surface area contributed by atoms with Crippen LogP contribution < -0.4 is 4.74 Å². The minimum atomic E-state index is -0.303. The highest BCUT2D eigenvalue weighted by molar-refractivity contribution is 8.18. The number of carbonyl (C=O) groups is 2. The van der Waals surface area contributed by atoms with Gasteiger partial charge in [-0.1, -0.05) is 41.4 Å². The number of imide groups is 1. The van der Waals surface area contributed by atoms with Crippen LogP contribution in [0.1, 0.15) is 23.6 Å². The van der Waals surface area contributed by atoms with Crippen molar-refractivity contribution in [1.29, 1.82) is 0 Å². The lowest BCUT2D eigenvalue weighted by molar-refractivity contribution is -0.123. The number of benzene rings is 2. The number of hydrogen-bond acceptors (Lipinski definition) is 4. The molecule has 1 aliphatic rings. The maximum atomic E-state index is 12.7. The molecule has 6 heteroatoms. The van der Waals surface area contributed by atoms with Crippen LogP contribution in [0.3, 0.4) is 0 Å². The topological polar surface area (TPSA) is 46.6 Å². The van der Waals surface area contributed by atoms with E-state index in [1.54, 1.807) is 24.3 Å². The molecular weight excluding hydrogens is 370 g/mol. The van der Waals surface area contributed by atoms with E-state index in [2.05, 4.69) is 0 Å². The van der Waals surface area contributed by atoms with Gasteiger partial charge in [0.25, 0.3) is 11.1 Å². The molecule has 0 saturated carbocycles. The largest absolute Gasteiger partial charge is 0.493 e. The van der Waals surface area contributed by atoms with Crippen LogP contribution in [0.25, 0.3) is 6.08 Å². The van der Waals surface area contributed by atoms with Crippen molar-refractivity contribution in [3.05, 3.63) is 69.1 Å². The van der Waals surface area contributed by atoms with Gasteiger partial charge in [-0.3, -0.25) is 14.5 Å². The summed E-state index contributed by atoms with van der Waals surface area (Å²) in [5.41, 5.74) is 2.73. The van der Waals surface area contributed by atoms with E-state index in [4.69, 9.17) is 16.3 Å². The third-order valence-corrected chi connectivity index (χ3v) is 5.04. The van der Waals surface area contributed by atoms with E-state index in [-0.39, 0.29) is 17.7 Å². The Morgan fingerprint density at radius 1 is 1.15 bits per heavy atom. The van der Waals surface area contributed by atoms with Crippen molar-refractivity contribution < 1.29 is 14.3 Å². The molecule has 0 unspecified atom stereocenters. The summed E-state index contributed by atoms with van der Waals surface area (Å²) in [5.74, 6) is 0.324. The number of halogens is 1. The summed E-state index contributed by atoms with van der Waals surface area (Å²) in [7, 11) is 0. The van der Waals surface area contributed by atoms with Gasteiger partial charge in [0.1, 0.15) is 5.75 Å². The molecule has 4 nitrogen and oxygen atoms in total. The zero-order chi connectivity index (χ0) is 18.7. The number of thioether (sulfide) groups is 1. The minimum Gasteiger partial charge on any atom is -0.493 e. The molecule has 1 aliphatic heterocycles. The molecule has 134 valence electrons. The van der Waals surface area contributed by atoms with Crippen LogP contribution in [0, 0.1) is 6.92 Å². The first-order chi connectivity index (χ1) is 12.5. The van der Waals surface area contributed by atoms with Crippen molar-refractivity contribution in [2.24, 2.45) is 0 Å². The van der Waals surface area contributed by atoms with Crippen molar-refractivity contribution in [2.75, 3.05) is 6.61 Å². The predicted octanol–water partition coefficient (Wildman–Crippen LogP) is 5.28. The number of amides is 2. The van der Waals surface area contributed by atoms with Crippen molar-refractivity contribution in [3.8, 4) is 5.75 Å². The molecule has 3 rings (SSSR count). The van der Waals surface area contributed by atoms with Gasteiger partial charge in [0.15, 0.2) is 0 Å². The van der Waals surface area contributed by atoms with Crippen LogP contribution in [0.4, 0.5) is 4.79 Å². The smallest absolute Gasteiger partial charge is 0.293 e. The fourth-order valence-electron chi connectivity index (χ4n) is 2.57. The maximum absolute atomic E-state index is 12.7. The quantitative estimate of drug-likeness (QED) is 0.654. The molecule has 2 aromatic carbocycles. The third-order valence-electron chi connectivity index (χ3n) is 3.89. The van der Waals surface area contributed by atoms with E-state index in [0.717, 1.165) is 22.9 Å². The Hall–Kier alpha value is -2.24. The lowest BCUT2D eigenvalue weighted by atomic mass is 10.1. The van der Waals surface area contributed by atoms with E-state index in [1.807, 2.05) is 38.1 Å². The Morgan fingerprint density at radius 3 is 2.58 bits per heavy atom. The van der Waals surface area contributed by atoms with Gasteiger partial charge in [-0.25, -0.2) is 0 Å². The fourth-order valence-corrected chi connectivity index (χ4v) is 3.58. The summed E-state index contributed by atoms with van der Waals surface area (Å²) < 4.78 is 5.58. The number of rotatable bonds is 5. The van der Waals surface area contributed by atoms with Crippen LogP contribution in [0.15, 0.2) is 47.4 Å². The first kappa shape index (κ1) is 18.5.